The number of hydrogen-bond acceptors (Lipinski definition) is 3. The molecule has 0 aliphatic carbocycles. The third kappa shape index (κ3) is 4.02. The van der Waals surface area contributed by atoms with Gasteiger partial charge in [0.1, 0.15) is 11.9 Å². The zero-order chi connectivity index (χ0) is 19.3. The van der Waals surface area contributed by atoms with E-state index in [1.54, 1.807) is 7.11 Å². The molecule has 3 aromatic carbocycles. The average Bonchev–Trinajstić information content (AvgIpc) is 3.28. The summed E-state index contributed by atoms with van der Waals surface area (Å²) in [5.41, 5.74) is 2.23. The number of hydrogen-bond donors (Lipinski definition) is 0. The lowest BCUT2D eigenvalue weighted by molar-refractivity contribution is -0.142. The molecule has 1 saturated heterocycles. The van der Waals surface area contributed by atoms with Crippen LogP contribution < -0.4 is 4.74 Å². The highest BCUT2D eigenvalue weighted by molar-refractivity contribution is 5.86. The van der Waals surface area contributed by atoms with Gasteiger partial charge in [-0.1, -0.05) is 54.6 Å². The minimum absolute atomic E-state index is 0.0706. The van der Waals surface area contributed by atoms with Crippen molar-refractivity contribution in [2.75, 3.05) is 13.7 Å². The molecule has 4 nitrogen and oxygen atoms in total. The zero-order valence-electron chi connectivity index (χ0n) is 16.1. The number of fused-ring (bicyclic) bond motifs is 1. The number of rotatable bonds is 6. The van der Waals surface area contributed by atoms with Gasteiger partial charge in [-0.15, -0.1) is 0 Å². The SMILES string of the molecule is COc1ccc(CN(Cc2cccc3ccccc23)C(=O)C2CCCO2)cc1. The number of ether oxygens (including phenoxy) is 2. The molecule has 1 aliphatic rings. The van der Waals surface area contributed by atoms with Crippen molar-refractivity contribution in [1.29, 1.82) is 0 Å². The van der Waals surface area contributed by atoms with Gasteiger partial charge in [0.25, 0.3) is 5.91 Å². The van der Waals surface area contributed by atoms with E-state index in [0.29, 0.717) is 19.7 Å². The van der Waals surface area contributed by atoms with E-state index < -0.39 is 0 Å². The molecule has 0 aromatic heterocycles. The molecule has 144 valence electrons. The third-order valence-electron chi connectivity index (χ3n) is 5.29. The molecule has 4 rings (SSSR count). The van der Waals surface area contributed by atoms with E-state index in [4.69, 9.17) is 9.47 Å². The van der Waals surface area contributed by atoms with Crippen molar-refractivity contribution in [2.45, 2.75) is 32.0 Å². The van der Waals surface area contributed by atoms with Gasteiger partial charge in [0, 0.05) is 19.7 Å². The minimum Gasteiger partial charge on any atom is -0.497 e. The standard InChI is InChI=1S/C24H25NO3/c1-27-21-13-11-18(12-14-21)16-25(24(26)23-10-5-15-28-23)17-20-8-4-7-19-6-2-3-9-22(19)20/h2-4,6-9,11-14,23H,5,10,15-17H2,1H3. The maximum Gasteiger partial charge on any atom is 0.252 e. The fourth-order valence-electron chi connectivity index (χ4n) is 3.78. The second-order valence-electron chi connectivity index (χ2n) is 7.18. The number of nitrogens with zero attached hydrogens (tertiary/aromatic N) is 1. The van der Waals surface area contributed by atoms with Crippen molar-refractivity contribution >= 4 is 16.7 Å². The highest BCUT2D eigenvalue weighted by Gasteiger charge is 2.28. The summed E-state index contributed by atoms with van der Waals surface area (Å²) in [6.07, 6.45) is 1.42. The highest BCUT2D eigenvalue weighted by Crippen LogP contribution is 2.24. The highest BCUT2D eigenvalue weighted by atomic mass is 16.5. The van der Waals surface area contributed by atoms with Crippen LogP contribution in [0.3, 0.4) is 0 Å². The number of amides is 1. The fourth-order valence-corrected chi connectivity index (χ4v) is 3.78. The monoisotopic (exact) mass is 375 g/mol. The summed E-state index contributed by atoms with van der Waals surface area (Å²) in [4.78, 5) is 15.1. The molecule has 1 amide bonds. The number of carbonyl (C=O) groups excluding carboxylic acids is 1. The summed E-state index contributed by atoms with van der Waals surface area (Å²) in [6.45, 7) is 1.78. The summed E-state index contributed by atoms with van der Waals surface area (Å²) in [6, 6.07) is 22.5. The first-order valence-corrected chi connectivity index (χ1v) is 9.74. The molecule has 0 radical (unpaired) electrons. The lowest BCUT2D eigenvalue weighted by Crippen LogP contribution is -2.38. The van der Waals surface area contributed by atoms with E-state index in [9.17, 15) is 4.79 Å². The van der Waals surface area contributed by atoms with Crippen LogP contribution in [0.2, 0.25) is 0 Å². The Hall–Kier alpha value is -2.85. The summed E-state index contributed by atoms with van der Waals surface area (Å²) in [5.74, 6) is 0.885. The molecular weight excluding hydrogens is 350 g/mol. The van der Waals surface area contributed by atoms with Crippen molar-refractivity contribution in [3.63, 3.8) is 0 Å². The zero-order valence-corrected chi connectivity index (χ0v) is 16.1. The largest absolute Gasteiger partial charge is 0.497 e. The van der Waals surface area contributed by atoms with Gasteiger partial charge in [-0.2, -0.15) is 0 Å². The quantitative estimate of drug-likeness (QED) is 0.634. The van der Waals surface area contributed by atoms with Gasteiger partial charge >= 0.3 is 0 Å². The Morgan fingerprint density at radius 1 is 1.04 bits per heavy atom. The topological polar surface area (TPSA) is 38.8 Å². The van der Waals surface area contributed by atoms with Gasteiger partial charge < -0.3 is 14.4 Å². The molecule has 0 spiro atoms. The number of carbonyl (C=O) groups is 1. The third-order valence-corrected chi connectivity index (χ3v) is 5.29. The molecule has 1 unspecified atom stereocenters. The van der Waals surface area contributed by atoms with Crippen LogP contribution in [0.15, 0.2) is 66.7 Å². The van der Waals surface area contributed by atoms with Crippen molar-refractivity contribution in [3.05, 3.63) is 77.9 Å². The normalized spacial score (nSPS) is 16.2. The Morgan fingerprint density at radius 2 is 1.82 bits per heavy atom. The molecule has 0 N–H and O–H groups in total. The number of benzene rings is 3. The average molecular weight is 375 g/mol. The predicted molar refractivity (Wildman–Crippen MR) is 110 cm³/mol. The van der Waals surface area contributed by atoms with Crippen LogP contribution in [0.5, 0.6) is 5.75 Å². The first kappa shape index (κ1) is 18.5. The maximum atomic E-state index is 13.2. The van der Waals surface area contributed by atoms with E-state index in [-0.39, 0.29) is 12.0 Å². The van der Waals surface area contributed by atoms with Gasteiger partial charge in [-0.3, -0.25) is 4.79 Å². The van der Waals surface area contributed by atoms with Crippen LogP contribution in [0, 0.1) is 0 Å². The smallest absolute Gasteiger partial charge is 0.252 e. The van der Waals surface area contributed by atoms with Crippen molar-refractivity contribution < 1.29 is 14.3 Å². The second kappa shape index (κ2) is 8.44. The van der Waals surface area contributed by atoms with Gasteiger partial charge in [0.15, 0.2) is 0 Å². The molecule has 3 aromatic rings. The van der Waals surface area contributed by atoms with Crippen LogP contribution in [-0.2, 0) is 22.6 Å². The summed E-state index contributed by atoms with van der Waals surface area (Å²) in [5, 5.41) is 2.37. The van der Waals surface area contributed by atoms with Crippen LogP contribution >= 0.6 is 0 Å². The van der Waals surface area contributed by atoms with Gasteiger partial charge in [-0.25, -0.2) is 0 Å². The van der Waals surface area contributed by atoms with Crippen molar-refractivity contribution in [3.8, 4) is 5.75 Å². The molecule has 4 heteroatoms. The van der Waals surface area contributed by atoms with Crippen molar-refractivity contribution in [2.24, 2.45) is 0 Å². The first-order valence-electron chi connectivity index (χ1n) is 9.74. The van der Waals surface area contributed by atoms with Crippen LogP contribution in [0.4, 0.5) is 0 Å². The molecule has 28 heavy (non-hydrogen) atoms. The van der Waals surface area contributed by atoms with E-state index in [0.717, 1.165) is 29.7 Å². The van der Waals surface area contributed by atoms with Crippen LogP contribution in [-0.4, -0.2) is 30.6 Å². The summed E-state index contributed by atoms with van der Waals surface area (Å²) in [7, 11) is 1.66. The van der Waals surface area contributed by atoms with E-state index in [2.05, 4.69) is 30.3 Å². The summed E-state index contributed by atoms with van der Waals surface area (Å²) >= 11 is 0. The van der Waals surface area contributed by atoms with Gasteiger partial charge in [0.05, 0.1) is 7.11 Å². The molecule has 1 atom stereocenters. The lowest BCUT2D eigenvalue weighted by atomic mass is 10.0. The Morgan fingerprint density at radius 3 is 2.57 bits per heavy atom. The van der Waals surface area contributed by atoms with Crippen LogP contribution in [0.1, 0.15) is 24.0 Å². The summed E-state index contributed by atoms with van der Waals surface area (Å²) < 4.78 is 10.9. The Bertz CT molecular complexity index is 940. The molecule has 1 heterocycles. The van der Waals surface area contributed by atoms with E-state index >= 15 is 0 Å². The first-order chi connectivity index (χ1) is 13.7. The van der Waals surface area contributed by atoms with Gasteiger partial charge in [-0.05, 0) is 46.9 Å². The molecule has 0 bridgehead atoms. The van der Waals surface area contributed by atoms with E-state index in [1.165, 1.54) is 10.8 Å². The Kier molecular flexibility index (Phi) is 5.58. The fraction of sp³-hybridized carbons (Fsp3) is 0.292. The van der Waals surface area contributed by atoms with Crippen molar-refractivity contribution in [1.82, 2.24) is 4.90 Å². The Balaban J connectivity index is 1.62. The lowest BCUT2D eigenvalue weighted by Gasteiger charge is -2.26. The van der Waals surface area contributed by atoms with Gasteiger partial charge in [0.2, 0.25) is 0 Å². The van der Waals surface area contributed by atoms with Crippen LogP contribution in [0.25, 0.3) is 10.8 Å². The van der Waals surface area contributed by atoms with E-state index in [1.807, 2.05) is 41.3 Å². The second-order valence-corrected chi connectivity index (χ2v) is 7.18. The predicted octanol–water partition coefficient (Wildman–Crippen LogP) is 4.56. The molecule has 0 saturated carbocycles. The maximum absolute atomic E-state index is 13.2. The number of methoxy groups -OCH3 is 1. The molecule has 1 fully saturated rings. The molecular formula is C24H25NO3. The Labute approximate surface area is 165 Å². The minimum atomic E-state index is -0.326. The molecule has 1 aliphatic heterocycles.